The van der Waals surface area contributed by atoms with Crippen LogP contribution in [-0.4, -0.2) is 16.4 Å². The predicted octanol–water partition coefficient (Wildman–Crippen LogP) is 2.58. The highest BCUT2D eigenvalue weighted by Crippen LogP contribution is 2.29. The Labute approximate surface area is 136 Å². The molecule has 4 nitrogen and oxygen atoms in total. The minimum absolute atomic E-state index is 0. The summed E-state index contributed by atoms with van der Waals surface area (Å²) < 4.78 is 0. The fourth-order valence-electron chi connectivity index (χ4n) is 2.45. The number of benzene rings is 1. The molecule has 0 radical (unpaired) electrons. The number of carbonyl (C=O) groups excluding carboxylic acids is 1. The molecule has 0 spiro atoms. The van der Waals surface area contributed by atoms with Crippen LogP contribution >= 0.6 is 24.8 Å². The predicted molar refractivity (Wildman–Crippen MR) is 88.9 cm³/mol. The highest BCUT2D eigenvalue weighted by atomic mass is 35.5. The van der Waals surface area contributed by atoms with Crippen molar-refractivity contribution in [2.24, 2.45) is 5.73 Å². The van der Waals surface area contributed by atoms with Gasteiger partial charge in [-0.25, -0.2) is 0 Å². The first-order valence-electron chi connectivity index (χ1n) is 6.59. The molecule has 1 amide bonds. The summed E-state index contributed by atoms with van der Waals surface area (Å²) in [5.74, 6) is -0.0494. The van der Waals surface area contributed by atoms with E-state index in [1.54, 1.807) is 6.20 Å². The Morgan fingerprint density at radius 3 is 2.62 bits per heavy atom. The Morgan fingerprint density at radius 1 is 1.24 bits per heavy atom. The SMILES string of the molecule is Cl.Cl.NC1(C(=O)NCc2cccc3cccnc23)CCC1. The van der Waals surface area contributed by atoms with Crippen LogP contribution in [0, 0.1) is 0 Å². The van der Waals surface area contributed by atoms with Crippen molar-refractivity contribution in [3.8, 4) is 0 Å². The maximum Gasteiger partial charge on any atom is 0.240 e. The van der Waals surface area contributed by atoms with Crippen LogP contribution in [-0.2, 0) is 11.3 Å². The zero-order valence-corrected chi connectivity index (χ0v) is 13.2. The molecule has 0 atom stereocenters. The summed E-state index contributed by atoms with van der Waals surface area (Å²) in [5, 5.41) is 4.01. The number of nitrogens with one attached hydrogen (secondary N) is 1. The van der Waals surface area contributed by atoms with E-state index in [0.717, 1.165) is 35.7 Å². The second-order valence-electron chi connectivity index (χ2n) is 5.18. The zero-order valence-electron chi connectivity index (χ0n) is 11.5. The molecule has 1 saturated carbocycles. The Balaban J connectivity index is 0.00000110. The van der Waals surface area contributed by atoms with E-state index in [2.05, 4.69) is 10.3 Å². The van der Waals surface area contributed by atoms with Gasteiger partial charge < -0.3 is 11.1 Å². The van der Waals surface area contributed by atoms with E-state index in [9.17, 15) is 4.79 Å². The second kappa shape index (κ2) is 7.07. The van der Waals surface area contributed by atoms with Gasteiger partial charge in [0.15, 0.2) is 0 Å². The molecule has 0 aliphatic heterocycles. The number of nitrogens with zero attached hydrogens (tertiary/aromatic N) is 1. The van der Waals surface area contributed by atoms with E-state index in [1.807, 2.05) is 30.3 Å². The van der Waals surface area contributed by atoms with Gasteiger partial charge in [-0.3, -0.25) is 9.78 Å². The number of nitrogens with two attached hydrogens (primary N) is 1. The Kier molecular flexibility index (Phi) is 5.96. The average Bonchev–Trinajstić information content (AvgIpc) is 2.42. The van der Waals surface area contributed by atoms with E-state index in [-0.39, 0.29) is 30.7 Å². The van der Waals surface area contributed by atoms with Gasteiger partial charge in [0.05, 0.1) is 11.1 Å². The topological polar surface area (TPSA) is 68.0 Å². The molecule has 21 heavy (non-hydrogen) atoms. The molecule has 6 heteroatoms. The molecule has 114 valence electrons. The van der Waals surface area contributed by atoms with Crippen LogP contribution in [0.1, 0.15) is 24.8 Å². The Bertz CT molecular complexity index is 624. The summed E-state index contributed by atoms with van der Waals surface area (Å²) >= 11 is 0. The van der Waals surface area contributed by atoms with Crippen LogP contribution in [0.3, 0.4) is 0 Å². The van der Waals surface area contributed by atoms with Crippen LogP contribution in [0.4, 0.5) is 0 Å². The van der Waals surface area contributed by atoms with Crippen LogP contribution in [0.15, 0.2) is 36.5 Å². The third kappa shape index (κ3) is 3.46. The van der Waals surface area contributed by atoms with Crippen molar-refractivity contribution in [2.75, 3.05) is 0 Å². The van der Waals surface area contributed by atoms with Crippen molar-refractivity contribution in [3.63, 3.8) is 0 Å². The number of rotatable bonds is 3. The van der Waals surface area contributed by atoms with Crippen molar-refractivity contribution in [1.29, 1.82) is 0 Å². The lowest BCUT2D eigenvalue weighted by Crippen LogP contribution is -2.58. The van der Waals surface area contributed by atoms with Gasteiger partial charge >= 0.3 is 0 Å². The normalized spacial score (nSPS) is 15.3. The van der Waals surface area contributed by atoms with E-state index in [4.69, 9.17) is 5.73 Å². The largest absolute Gasteiger partial charge is 0.350 e. The van der Waals surface area contributed by atoms with E-state index in [0.29, 0.717) is 6.54 Å². The first kappa shape index (κ1) is 17.7. The first-order valence-corrected chi connectivity index (χ1v) is 6.59. The van der Waals surface area contributed by atoms with Crippen LogP contribution < -0.4 is 11.1 Å². The van der Waals surface area contributed by atoms with Gasteiger partial charge in [0, 0.05) is 18.1 Å². The smallest absolute Gasteiger partial charge is 0.240 e. The number of fused-ring (bicyclic) bond motifs is 1. The standard InChI is InChI=1S/C15H17N3O.2ClH/c16-15(7-3-8-15)14(19)18-10-12-5-1-4-11-6-2-9-17-13(11)12;;/h1-2,4-6,9H,3,7-8,10,16H2,(H,18,19);2*1H. The third-order valence-corrected chi connectivity index (χ3v) is 3.85. The minimum atomic E-state index is -0.641. The van der Waals surface area contributed by atoms with Gasteiger partial charge in [-0.2, -0.15) is 0 Å². The van der Waals surface area contributed by atoms with Gasteiger partial charge in [-0.05, 0) is 30.9 Å². The number of pyridine rings is 1. The molecule has 0 unspecified atom stereocenters. The molecule has 1 fully saturated rings. The number of aromatic nitrogens is 1. The number of hydrogen-bond acceptors (Lipinski definition) is 3. The fourth-order valence-corrected chi connectivity index (χ4v) is 2.45. The number of carbonyl (C=O) groups is 1. The Morgan fingerprint density at radius 2 is 1.95 bits per heavy atom. The molecule has 3 N–H and O–H groups in total. The van der Waals surface area contributed by atoms with Crippen LogP contribution in [0.5, 0.6) is 0 Å². The molecule has 1 aromatic carbocycles. The van der Waals surface area contributed by atoms with Gasteiger partial charge in [-0.15, -0.1) is 24.8 Å². The van der Waals surface area contributed by atoms with E-state index >= 15 is 0 Å². The molecule has 1 aromatic heterocycles. The molecule has 1 aliphatic carbocycles. The highest BCUT2D eigenvalue weighted by molar-refractivity contribution is 5.88. The van der Waals surface area contributed by atoms with Crippen molar-refractivity contribution in [1.82, 2.24) is 10.3 Å². The summed E-state index contributed by atoms with van der Waals surface area (Å²) in [7, 11) is 0. The van der Waals surface area contributed by atoms with Gasteiger partial charge in [0.25, 0.3) is 0 Å². The quantitative estimate of drug-likeness (QED) is 0.910. The fraction of sp³-hybridized carbons (Fsp3) is 0.333. The zero-order chi connectivity index (χ0) is 13.3. The van der Waals surface area contributed by atoms with Crippen molar-refractivity contribution < 1.29 is 4.79 Å². The lowest BCUT2D eigenvalue weighted by molar-refractivity contribution is -0.129. The molecule has 1 aliphatic rings. The lowest BCUT2D eigenvalue weighted by Gasteiger charge is -2.36. The molecule has 3 rings (SSSR count). The number of para-hydroxylation sites is 1. The molecule has 0 saturated heterocycles. The molecule has 0 bridgehead atoms. The number of hydrogen-bond donors (Lipinski definition) is 2. The van der Waals surface area contributed by atoms with Crippen LogP contribution in [0.2, 0.25) is 0 Å². The maximum absolute atomic E-state index is 12.0. The van der Waals surface area contributed by atoms with Crippen molar-refractivity contribution >= 4 is 41.6 Å². The summed E-state index contributed by atoms with van der Waals surface area (Å²) in [6, 6.07) is 9.91. The van der Waals surface area contributed by atoms with Crippen LogP contribution in [0.25, 0.3) is 10.9 Å². The first-order chi connectivity index (χ1) is 9.19. The molecular weight excluding hydrogens is 309 g/mol. The average molecular weight is 328 g/mol. The Hall–Kier alpha value is -1.36. The molecule has 2 aromatic rings. The third-order valence-electron chi connectivity index (χ3n) is 3.85. The summed E-state index contributed by atoms with van der Waals surface area (Å²) in [5.41, 5.74) is 7.31. The molecular formula is C15H19Cl2N3O. The van der Waals surface area contributed by atoms with E-state index < -0.39 is 5.54 Å². The number of halogens is 2. The summed E-state index contributed by atoms with van der Waals surface area (Å²) in [6.07, 6.45) is 4.38. The lowest BCUT2D eigenvalue weighted by atomic mass is 9.77. The molecule has 1 heterocycles. The summed E-state index contributed by atoms with van der Waals surface area (Å²) in [6.45, 7) is 0.478. The van der Waals surface area contributed by atoms with Gasteiger partial charge in [-0.1, -0.05) is 24.3 Å². The second-order valence-corrected chi connectivity index (χ2v) is 5.18. The monoisotopic (exact) mass is 327 g/mol. The summed E-state index contributed by atoms with van der Waals surface area (Å²) in [4.78, 5) is 16.4. The minimum Gasteiger partial charge on any atom is -0.350 e. The van der Waals surface area contributed by atoms with Gasteiger partial charge in [0.1, 0.15) is 0 Å². The van der Waals surface area contributed by atoms with Crippen molar-refractivity contribution in [3.05, 3.63) is 42.1 Å². The van der Waals surface area contributed by atoms with Gasteiger partial charge in [0.2, 0.25) is 5.91 Å². The van der Waals surface area contributed by atoms with E-state index in [1.165, 1.54) is 0 Å². The highest BCUT2D eigenvalue weighted by Gasteiger charge is 2.39. The maximum atomic E-state index is 12.0. The van der Waals surface area contributed by atoms with Crippen molar-refractivity contribution in [2.45, 2.75) is 31.3 Å². The number of amides is 1.